The number of primary amides is 1. The Morgan fingerprint density at radius 1 is 1.38 bits per heavy atom. The number of hydrogen-bond donors (Lipinski definition) is 1. The van der Waals surface area contributed by atoms with E-state index >= 15 is 0 Å². The SMILES string of the molecule is NC(=O)C=Cc1cc(C(F)(F)F)ccc1Br. The molecule has 0 bridgehead atoms. The standard InChI is InChI=1S/C10H7BrF3NO/c11-8-3-2-7(10(12,13)14)5-6(8)1-4-9(15)16/h1-5H,(H2,15,16). The zero-order chi connectivity index (χ0) is 12.3. The highest BCUT2D eigenvalue weighted by Crippen LogP contribution is 2.32. The van der Waals surface area contributed by atoms with Crippen molar-refractivity contribution in [3.63, 3.8) is 0 Å². The maximum Gasteiger partial charge on any atom is 0.416 e. The third-order valence-corrected chi connectivity index (χ3v) is 2.47. The predicted molar refractivity (Wildman–Crippen MR) is 57.4 cm³/mol. The molecule has 86 valence electrons. The van der Waals surface area contributed by atoms with Gasteiger partial charge in [0.2, 0.25) is 5.91 Å². The van der Waals surface area contributed by atoms with Crippen LogP contribution in [0.25, 0.3) is 6.08 Å². The second kappa shape index (κ2) is 4.69. The van der Waals surface area contributed by atoms with E-state index in [0.29, 0.717) is 4.47 Å². The van der Waals surface area contributed by atoms with Crippen molar-refractivity contribution in [2.24, 2.45) is 5.73 Å². The van der Waals surface area contributed by atoms with Gasteiger partial charge in [0.25, 0.3) is 0 Å². The molecule has 1 aromatic rings. The Balaban J connectivity index is 3.14. The van der Waals surface area contributed by atoms with Gasteiger partial charge in [-0.05, 0) is 29.8 Å². The second-order valence-electron chi connectivity index (χ2n) is 2.97. The molecule has 6 heteroatoms. The molecule has 0 fully saturated rings. The van der Waals surface area contributed by atoms with Gasteiger partial charge >= 0.3 is 6.18 Å². The molecule has 16 heavy (non-hydrogen) atoms. The summed E-state index contributed by atoms with van der Waals surface area (Å²) < 4.78 is 37.6. The van der Waals surface area contributed by atoms with Crippen LogP contribution >= 0.6 is 15.9 Å². The topological polar surface area (TPSA) is 43.1 Å². The largest absolute Gasteiger partial charge is 0.416 e. The fourth-order valence-corrected chi connectivity index (χ4v) is 1.40. The fourth-order valence-electron chi connectivity index (χ4n) is 1.02. The molecule has 0 radical (unpaired) electrons. The van der Waals surface area contributed by atoms with E-state index in [2.05, 4.69) is 15.9 Å². The van der Waals surface area contributed by atoms with Crippen LogP contribution < -0.4 is 5.73 Å². The molecule has 1 amide bonds. The van der Waals surface area contributed by atoms with Gasteiger partial charge in [-0.3, -0.25) is 4.79 Å². The number of benzene rings is 1. The van der Waals surface area contributed by atoms with Crippen molar-refractivity contribution < 1.29 is 18.0 Å². The number of alkyl halides is 3. The van der Waals surface area contributed by atoms with Crippen LogP contribution in [-0.2, 0) is 11.0 Å². The van der Waals surface area contributed by atoms with E-state index in [-0.39, 0.29) is 5.56 Å². The van der Waals surface area contributed by atoms with Gasteiger partial charge in [-0.1, -0.05) is 15.9 Å². The lowest BCUT2D eigenvalue weighted by Gasteiger charge is -2.08. The molecule has 2 nitrogen and oxygen atoms in total. The first-order chi connectivity index (χ1) is 7.30. The second-order valence-corrected chi connectivity index (χ2v) is 3.82. The molecule has 0 unspecified atom stereocenters. The van der Waals surface area contributed by atoms with E-state index in [1.807, 2.05) is 0 Å². The molecule has 0 atom stereocenters. The van der Waals surface area contributed by atoms with Crippen molar-refractivity contribution in [2.75, 3.05) is 0 Å². The average molecular weight is 294 g/mol. The smallest absolute Gasteiger partial charge is 0.366 e. The van der Waals surface area contributed by atoms with Crippen LogP contribution in [0.15, 0.2) is 28.7 Å². The third-order valence-electron chi connectivity index (χ3n) is 1.75. The first-order valence-electron chi connectivity index (χ1n) is 4.15. The first kappa shape index (κ1) is 12.8. The van der Waals surface area contributed by atoms with Crippen molar-refractivity contribution in [3.05, 3.63) is 39.9 Å². The number of nitrogens with two attached hydrogens (primary N) is 1. The Morgan fingerprint density at radius 3 is 2.50 bits per heavy atom. The quantitative estimate of drug-likeness (QED) is 0.837. The highest BCUT2D eigenvalue weighted by atomic mass is 79.9. The monoisotopic (exact) mass is 293 g/mol. The third kappa shape index (κ3) is 3.37. The molecule has 2 N–H and O–H groups in total. The number of halogens is 4. The van der Waals surface area contributed by atoms with Crippen LogP contribution in [0.1, 0.15) is 11.1 Å². The minimum atomic E-state index is -4.41. The summed E-state index contributed by atoms with van der Waals surface area (Å²) >= 11 is 3.08. The molecular weight excluding hydrogens is 287 g/mol. The van der Waals surface area contributed by atoms with Gasteiger partial charge in [-0.25, -0.2) is 0 Å². The van der Waals surface area contributed by atoms with Crippen LogP contribution in [-0.4, -0.2) is 5.91 Å². The molecule has 1 rings (SSSR count). The molecule has 0 aliphatic carbocycles. The van der Waals surface area contributed by atoms with Gasteiger partial charge in [-0.2, -0.15) is 13.2 Å². The number of amides is 1. The van der Waals surface area contributed by atoms with Gasteiger partial charge in [0.05, 0.1) is 5.56 Å². The van der Waals surface area contributed by atoms with Gasteiger partial charge in [0.1, 0.15) is 0 Å². The van der Waals surface area contributed by atoms with Gasteiger partial charge in [0, 0.05) is 10.5 Å². The van der Waals surface area contributed by atoms with Crippen LogP contribution in [0.4, 0.5) is 13.2 Å². The summed E-state index contributed by atoms with van der Waals surface area (Å²) in [6, 6.07) is 3.15. The molecule has 0 aromatic heterocycles. The van der Waals surface area contributed by atoms with Crippen LogP contribution in [0.3, 0.4) is 0 Å². The summed E-state index contributed by atoms with van der Waals surface area (Å²) in [5.74, 6) is -0.718. The molecule has 0 aliphatic heterocycles. The lowest BCUT2D eigenvalue weighted by Crippen LogP contribution is -2.06. The summed E-state index contributed by atoms with van der Waals surface area (Å²) in [4.78, 5) is 10.5. The van der Waals surface area contributed by atoms with E-state index in [1.54, 1.807) is 0 Å². The highest BCUT2D eigenvalue weighted by Gasteiger charge is 2.30. The van der Waals surface area contributed by atoms with E-state index in [4.69, 9.17) is 5.73 Å². The zero-order valence-corrected chi connectivity index (χ0v) is 9.47. The highest BCUT2D eigenvalue weighted by molar-refractivity contribution is 9.10. The minimum Gasteiger partial charge on any atom is -0.366 e. The summed E-state index contributed by atoms with van der Waals surface area (Å²) in [6.07, 6.45) is -2.18. The number of carbonyl (C=O) groups is 1. The molecule has 1 aromatic carbocycles. The van der Waals surface area contributed by atoms with Crippen molar-refractivity contribution in [1.29, 1.82) is 0 Å². The van der Waals surface area contributed by atoms with E-state index in [9.17, 15) is 18.0 Å². The summed E-state index contributed by atoms with van der Waals surface area (Å²) in [7, 11) is 0. The number of hydrogen-bond acceptors (Lipinski definition) is 1. The maximum atomic E-state index is 12.4. The van der Waals surface area contributed by atoms with E-state index in [0.717, 1.165) is 18.2 Å². The van der Waals surface area contributed by atoms with Crippen LogP contribution in [0.5, 0.6) is 0 Å². The predicted octanol–water partition coefficient (Wildman–Crippen LogP) is 2.97. The van der Waals surface area contributed by atoms with Gasteiger partial charge in [-0.15, -0.1) is 0 Å². The Kier molecular flexibility index (Phi) is 3.74. The Morgan fingerprint density at radius 2 is 2.00 bits per heavy atom. The Labute approximate surface area is 98.1 Å². The minimum absolute atomic E-state index is 0.244. The maximum absolute atomic E-state index is 12.4. The lowest BCUT2D eigenvalue weighted by atomic mass is 10.1. The van der Waals surface area contributed by atoms with Crippen molar-refractivity contribution in [2.45, 2.75) is 6.18 Å². The normalized spacial score (nSPS) is 12.0. The molecule has 0 spiro atoms. The molecule has 0 saturated heterocycles. The van der Waals surface area contributed by atoms with Gasteiger partial charge < -0.3 is 5.73 Å². The van der Waals surface area contributed by atoms with Crippen LogP contribution in [0.2, 0.25) is 0 Å². The van der Waals surface area contributed by atoms with Crippen molar-refractivity contribution >= 4 is 27.9 Å². The molecule has 0 aliphatic rings. The lowest BCUT2D eigenvalue weighted by molar-refractivity contribution is -0.137. The van der Waals surface area contributed by atoms with E-state index < -0.39 is 17.6 Å². The van der Waals surface area contributed by atoms with Crippen molar-refractivity contribution in [3.8, 4) is 0 Å². The Bertz CT molecular complexity index is 440. The summed E-state index contributed by atoms with van der Waals surface area (Å²) in [5, 5.41) is 0. The number of carbonyl (C=O) groups excluding carboxylic acids is 1. The van der Waals surface area contributed by atoms with Crippen molar-refractivity contribution in [1.82, 2.24) is 0 Å². The molecule has 0 heterocycles. The fraction of sp³-hybridized carbons (Fsp3) is 0.100. The zero-order valence-electron chi connectivity index (χ0n) is 7.88. The van der Waals surface area contributed by atoms with Gasteiger partial charge in [0.15, 0.2) is 0 Å². The Hall–Kier alpha value is -1.30. The van der Waals surface area contributed by atoms with E-state index in [1.165, 1.54) is 12.1 Å². The summed E-state index contributed by atoms with van der Waals surface area (Å²) in [6.45, 7) is 0. The van der Waals surface area contributed by atoms with Crippen LogP contribution in [0, 0.1) is 0 Å². The molecule has 0 saturated carbocycles. The summed E-state index contributed by atoms with van der Waals surface area (Å²) in [5.41, 5.74) is 4.32. The molecular formula is C10H7BrF3NO. The average Bonchev–Trinajstić information content (AvgIpc) is 2.14. The number of rotatable bonds is 2. The first-order valence-corrected chi connectivity index (χ1v) is 4.94.